The molecule has 1 unspecified atom stereocenters. The number of hydrogen-bond acceptors (Lipinski definition) is 7. The Labute approximate surface area is 206 Å². The molecule has 0 spiro atoms. The van der Waals surface area contributed by atoms with Gasteiger partial charge in [0.25, 0.3) is 0 Å². The molecule has 10 heteroatoms. The van der Waals surface area contributed by atoms with Gasteiger partial charge in [0, 0.05) is 30.6 Å². The highest BCUT2D eigenvalue weighted by Crippen LogP contribution is 2.32. The van der Waals surface area contributed by atoms with Crippen molar-refractivity contribution < 1.29 is 14.2 Å². The van der Waals surface area contributed by atoms with Crippen molar-refractivity contribution in [3.05, 3.63) is 77.5 Å². The van der Waals surface area contributed by atoms with Crippen LogP contribution in [0.2, 0.25) is 0 Å². The molecule has 5 aromatic rings. The maximum atomic E-state index is 12.7. The zero-order valence-electron chi connectivity index (χ0n) is 19.6. The third-order valence-corrected chi connectivity index (χ3v) is 6.16. The van der Waals surface area contributed by atoms with Gasteiger partial charge in [0.1, 0.15) is 0 Å². The maximum Gasteiger partial charge on any atom is 0.330 e. The summed E-state index contributed by atoms with van der Waals surface area (Å²) in [6.45, 7) is 1.26. The van der Waals surface area contributed by atoms with E-state index in [-0.39, 0.29) is 11.7 Å². The number of hydrogen-bond donors (Lipinski definition) is 1. The van der Waals surface area contributed by atoms with E-state index >= 15 is 0 Å². The average Bonchev–Trinajstić information content (AvgIpc) is 3.58. The molecule has 36 heavy (non-hydrogen) atoms. The topological polar surface area (TPSA) is 109 Å². The lowest BCUT2D eigenvalue weighted by Crippen LogP contribution is -2.24. The smallest absolute Gasteiger partial charge is 0.330 e. The fourth-order valence-corrected chi connectivity index (χ4v) is 4.40. The molecule has 1 N–H and O–H groups in total. The van der Waals surface area contributed by atoms with Gasteiger partial charge in [0.2, 0.25) is 5.88 Å². The summed E-state index contributed by atoms with van der Waals surface area (Å²) in [5.74, 6) is 2.63. The minimum absolute atomic E-state index is 0.00709. The van der Waals surface area contributed by atoms with E-state index in [4.69, 9.17) is 24.3 Å². The molecule has 0 saturated carbocycles. The first-order valence-electron chi connectivity index (χ1n) is 11.7. The zero-order chi connectivity index (χ0) is 24.5. The molecule has 0 amide bonds. The van der Waals surface area contributed by atoms with Crippen molar-refractivity contribution in [3.8, 4) is 40.3 Å². The summed E-state index contributed by atoms with van der Waals surface area (Å²) in [5, 5.41) is 4.85. The third-order valence-electron chi connectivity index (χ3n) is 6.16. The number of nitrogens with zero attached hydrogens (tertiary/aromatic N) is 5. The molecule has 0 bridgehead atoms. The number of H-pyrrole nitrogens is 1. The summed E-state index contributed by atoms with van der Waals surface area (Å²) in [6.07, 6.45) is 5.22. The number of methoxy groups -OCH3 is 1. The number of rotatable bonds is 6. The second-order valence-corrected chi connectivity index (χ2v) is 8.50. The molecule has 1 atom stereocenters. The molecule has 6 rings (SSSR count). The molecule has 1 aliphatic heterocycles. The minimum Gasteiger partial charge on any atom is -0.493 e. The number of benzene rings is 1. The lowest BCUT2D eigenvalue weighted by Gasteiger charge is -2.23. The SMILES string of the molecule is COc1ccccc1Oc1cc(-c2nc(-c3cc4cccn4c(=O)[nH]3)n(C3CCCOC3)n2)ccn1. The Balaban J connectivity index is 1.42. The van der Waals surface area contributed by atoms with Crippen molar-refractivity contribution in [2.75, 3.05) is 20.3 Å². The van der Waals surface area contributed by atoms with E-state index < -0.39 is 0 Å². The Morgan fingerprint density at radius 1 is 1.11 bits per heavy atom. The van der Waals surface area contributed by atoms with Gasteiger partial charge in [-0.1, -0.05) is 12.1 Å². The van der Waals surface area contributed by atoms with Crippen LogP contribution in [0.3, 0.4) is 0 Å². The molecule has 1 fully saturated rings. The summed E-state index contributed by atoms with van der Waals surface area (Å²) < 4.78 is 20.5. The maximum absolute atomic E-state index is 12.7. The molecule has 0 aliphatic carbocycles. The fraction of sp³-hybridized carbons (Fsp3) is 0.231. The van der Waals surface area contributed by atoms with Crippen LogP contribution in [-0.2, 0) is 4.74 Å². The summed E-state index contributed by atoms with van der Waals surface area (Å²) in [5.41, 5.74) is 1.87. The van der Waals surface area contributed by atoms with Crippen LogP contribution >= 0.6 is 0 Å². The lowest BCUT2D eigenvalue weighted by atomic mass is 10.1. The monoisotopic (exact) mass is 484 g/mol. The van der Waals surface area contributed by atoms with E-state index in [0.29, 0.717) is 41.3 Å². The van der Waals surface area contributed by atoms with Gasteiger partial charge < -0.3 is 19.2 Å². The molecule has 0 radical (unpaired) electrons. The summed E-state index contributed by atoms with van der Waals surface area (Å²) in [6, 6.07) is 16.6. The third kappa shape index (κ3) is 4.11. The first-order valence-corrected chi connectivity index (χ1v) is 11.7. The zero-order valence-corrected chi connectivity index (χ0v) is 19.6. The predicted octanol–water partition coefficient (Wildman–Crippen LogP) is 4.10. The Bertz CT molecular complexity index is 1580. The van der Waals surface area contributed by atoms with E-state index in [9.17, 15) is 4.79 Å². The van der Waals surface area contributed by atoms with Crippen LogP contribution in [0.4, 0.5) is 0 Å². The quantitative estimate of drug-likeness (QED) is 0.386. The second kappa shape index (κ2) is 9.31. The number of para-hydroxylation sites is 2. The van der Waals surface area contributed by atoms with Crippen LogP contribution in [0.15, 0.2) is 71.8 Å². The van der Waals surface area contributed by atoms with Crippen molar-refractivity contribution in [1.82, 2.24) is 29.1 Å². The molecule has 5 heterocycles. The van der Waals surface area contributed by atoms with Gasteiger partial charge >= 0.3 is 5.69 Å². The van der Waals surface area contributed by atoms with Gasteiger partial charge in [0.15, 0.2) is 23.1 Å². The van der Waals surface area contributed by atoms with E-state index in [1.54, 1.807) is 30.0 Å². The van der Waals surface area contributed by atoms with Crippen LogP contribution < -0.4 is 15.2 Å². The second-order valence-electron chi connectivity index (χ2n) is 8.50. The summed E-state index contributed by atoms with van der Waals surface area (Å²) in [4.78, 5) is 24.8. The number of aromatic amines is 1. The van der Waals surface area contributed by atoms with Crippen molar-refractivity contribution in [3.63, 3.8) is 0 Å². The van der Waals surface area contributed by atoms with E-state index in [2.05, 4.69) is 9.97 Å². The standard InChI is InChI=1S/C26H24N6O4/c1-34-21-8-2-3-9-22(21)36-23-14-17(10-11-27-23)24-29-25(32(30-24)19-7-5-13-35-16-19)20-15-18-6-4-12-31(18)26(33)28-20/h2-4,6,8-12,14-15,19H,5,7,13,16H2,1H3,(H,28,33). The van der Waals surface area contributed by atoms with E-state index in [0.717, 1.165) is 30.5 Å². The number of ether oxygens (including phenoxy) is 3. The Morgan fingerprint density at radius 2 is 2.00 bits per heavy atom. The lowest BCUT2D eigenvalue weighted by molar-refractivity contribution is 0.0555. The highest BCUT2D eigenvalue weighted by molar-refractivity contribution is 5.64. The molecule has 10 nitrogen and oxygen atoms in total. The van der Waals surface area contributed by atoms with Gasteiger partial charge in [-0.15, -0.1) is 0 Å². The van der Waals surface area contributed by atoms with Crippen LogP contribution in [0.25, 0.3) is 28.4 Å². The molecule has 1 saturated heterocycles. The molecule has 1 aromatic carbocycles. The molecular formula is C26H24N6O4. The van der Waals surface area contributed by atoms with Crippen molar-refractivity contribution in [2.45, 2.75) is 18.9 Å². The van der Waals surface area contributed by atoms with Crippen LogP contribution in [0.5, 0.6) is 17.4 Å². The van der Waals surface area contributed by atoms with Crippen molar-refractivity contribution in [2.24, 2.45) is 0 Å². The predicted molar refractivity (Wildman–Crippen MR) is 132 cm³/mol. The van der Waals surface area contributed by atoms with Gasteiger partial charge in [-0.3, -0.25) is 4.40 Å². The highest BCUT2D eigenvalue weighted by atomic mass is 16.5. The molecule has 1 aliphatic rings. The Kier molecular flexibility index (Phi) is 5.70. The molecule has 182 valence electrons. The molecule has 4 aromatic heterocycles. The van der Waals surface area contributed by atoms with Crippen molar-refractivity contribution in [1.29, 1.82) is 0 Å². The summed E-state index contributed by atoms with van der Waals surface area (Å²) in [7, 11) is 1.59. The fourth-order valence-electron chi connectivity index (χ4n) is 4.40. The normalized spacial score (nSPS) is 15.8. The van der Waals surface area contributed by atoms with Crippen molar-refractivity contribution >= 4 is 5.52 Å². The van der Waals surface area contributed by atoms with E-state index in [1.165, 1.54) is 0 Å². The highest BCUT2D eigenvalue weighted by Gasteiger charge is 2.24. The van der Waals surface area contributed by atoms with Crippen LogP contribution in [0.1, 0.15) is 18.9 Å². The van der Waals surface area contributed by atoms with Gasteiger partial charge in [-0.25, -0.2) is 19.4 Å². The van der Waals surface area contributed by atoms with Gasteiger partial charge in [-0.05, 0) is 49.2 Å². The number of pyridine rings is 1. The summed E-state index contributed by atoms with van der Waals surface area (Å²) >= 11 is 0. The molecular weight excluding hydrogens is 460 g/mol. The number of nitrogens with one attached hydrogen (secondary N) is 1. The number of aromatic nitrogens is 6. The first kappa shape index (κ1) is 22.1. The Hall–Kier alpha value is -4.44. The van der Waals surface area contributed by atoms with Gasteiger partial charge in [0.05, 0.1) is 31.0 Å². The largest absolute Gasteiger partial charge is 0.493 e. The minimum atomic E-state index is -0.236. The first-order chi connectivity index (χ1) is 17.7. The van der Waals surface area contributed by atoms with Gasteiger partial charge in [-0.2, -0.15) is 5.10 Å². The van der Waals surface area contributed by atoms with Crippen LogP contribution in [-0.4, -0.2) is 49.5 Å². The van der Waals surface area contributed by atoms with E-state index in [1.807, 2.05) is 53.2 Å². The number of fused-ring (bicyclic) bond motifs is 1. The Morgan fingerprint density at radius 3 is 2.83 bits per heavy atom. The van der Waals surface area contributed by atoms with Crippen LogP contribution in [0, 0.1) is 0 Å². The average molecular weight is 485 g/mol.